The van der Waals surface area contributed by atoms with E-state index in [1.165, 1.54) is 0 Å². The Kier molecular flexibility index (Phi) is 7.47. The molecular formula is C20H32N3O4+. The number of hydrogen-bond acceptors (Lipinski definition) is 4. The number of methoxy groups -OCH3 is 2. The van der Waals surface area contributed by atoms with Crippen LogP contribution >= 0.6 is 0 Å². The molecule has 2 rings (SSSR count). The number of amides is 2. The third-order valence-electron chi connectivity index (χ3n) is 4.73. The van der Waals surface area contributed by atoms with E-state index in [1.807, 2.05) is 44.0 Å². The van der Waals surface area contributed by atoms with Crippen molar-refractivity contribution < 1.29 is 24.0 Å². The Morgan fingerprint density at radius 2 is 2.00 bits per heavy atom. The zero-order valence-corrected chi connectivity index (χ0v) is 17.0. The molecule has 1 unspecified atom stereocenters. The smallest absolute Gasteiger partial charge is 0.278 e. The maximum Gasteiger partial charge on any atom is 0.278 e. The molecule has 2 amide bonds. The number of rotatable bonds is 8. The first-order valence-electron chi connectivity index (χ1n) is 9.47. The van der Waals surface area contributed by atoms with Gasteiger partial charge < -0.3 is 24.6 Å². The minimum Gasteiger partial charge on any atom is -0.497 e. The minimum absolute atomic E-state index is 0.0279. The van der Waals surface area contributed by atoms with Gasteiger partial charge >= 0.3 is 0 Å². The van der Waals surface area contributed by atoms with E-state index in [-0.39, 0.29) is 37.0 Å². The lowest BCUT2D eigenvalue weighted by molar-refractivity contribution is -0.863. The van der Waals surface area contributed by atoms with Crippen LogP contribution in [-0.2, 0) is 9.59 Å². The Bertz CT molecular complexity index is 663. The van der Waals surface area contributed by atoms with Crippen LogP contribution in [-0.4, -0.2) is 63.7 Å². The maximum atomic E-state index is 12.9. The molecule has 0 aliphatic carbocycles. The molecule has 1 aliphatic heterocycles. The van der Waals surface area contributed by atoms with Crippen LogP contribution in [0.1, 0.15) is 38.3 Å². The standard InChI is InChI=1S/C20H31N3O4/c1-14(2)21-19(24)12-22(3)13-20(25)23-10-6-7-17(23)16-11-15(26-4)8-9-18(16)27-5/h8-9,11,14,17H,6-7,10,12-13H2,1-5H3,(H,21,24)/p+1/t17-/m1/s1. The van der Waals surface area contributed by atoms with Crippen LogP contribution in [0.4, 0.5) is 0 Å². The summed E-state index contributed by atoms with van der Waals surface area (Å²) in [6.45, 7) is 5.14. The summed E-state index contributed by atoms with van der Waals surface area (Å²) in [5.41, 5.74) is 0.970. The Morgan fingerprint density at radius 3 is 2.63 bits per heavy atom. The number of nitrogens with zero attached hydrogens (tertiary/aromatic N) is 1. The van der Waals surface area contributed by atoms with Crippen molar-refractivity contribution in [2.45, 2.75) is 38.8 Å². The van der Waals surface area contributed by atoms with Crippen LogP contribution in [0.3, 0.4) is 0 Å². The molecule has 0 saturated carbocycles. The number of carbonyl (C=O) groups excluding carboxylic acids is 2. The van der Waals surface area contributed by atoms with Crippen LogP contribution in [0.15, 0.2) is 18.2 Å². The average Bonchev–Trinajstić information content (AvgIpc) is 3.09. The number of benzene rings is 1. The molecule has 1 heterocycles. The SMILES string of the molecule is COc1ccc(OC)c([C@H]2CCCN2C(=O)C[NH+](C)CC(=O)NC(C)C)c1. The van der Waals surface area contributed by atoms with E-state index in [4.69, 9.17) is 9.47 Å². The Hall–Kier alpha value is -2.28. The van der Waals surface area contributed by atoms with Gasteiger partial charge in [0.1, 0.15) is 11.5 Å². The fourth-order valence-electron chi connectivity index (χ4n) is 3.56. The van der Waals surface area contributed by atoms with Crippen molar-refractivity contribution in [1.29, 1.82) is 0 Å². The molecule has 0 spiro atoms. The van der Waals surface area contributed by atoms with Gasteiger partial charge in [0.15, 0.2) is 13.1 Å². The molecule has 1 aromatic rings. The fraction of sp³-hybridized carbons (Fsp3) is 0.600. The summed E-state index contributed by atoms with van der Waals surface area (Å²) in [5, 5.41) is 2.86. The number of hydrogen-bond donors (Lipinski definition) is 2. The first-order valence-corrected chi connectivity index (χ1v) is 9.47. The van der Waals surface area contributed by atoms with E-state index in [9.17, 15) is 9.59 Å². The Morgan fingerprint density at radius 1 is 1.26 bits per heavy atom. The van der Waals surface area contributed by atoms with E-state index < -0.39 is 0 Å². The summed E-state index contributed by atoms with van der Waals surface area (Å²) in [6, 6.07) is 5.75. The average molecular weight is 378 g/mol. The second kappa shape index (κ2) is 9.60. The minimum atomic E-state index is -0.0391. The molecule has 1 saturated heterocycles. The number of carbonyl (C=O) groups is 2. The second-order valence-electron chi connectivity index (χ2n) is 7.39. The van der Waals surface area contributed by atoms with Crippen LogP contribution < -0.4 is 19.7 Å². The number of likely N-dealkylation sites (tertiary alicyclic amines) is 1. The van der Waals surface area contributed by atoms with E-state index in [2.05, 4.69) is 5.32 Å². The van der Waals surface area contributed by atoms with E-state index in [0.29, 0.717) is 0 Å². The summed E-state index contributed by atoms with van der Waals surface area (Å²) >= 11 is 0. The predicted octanol–water partition coefficient (Wildman–Crippen LogP) is 0.407. The second-order valence-corrected chi connectivity index (χ2v) is 7.39. The molecule has 2 N–H and O–H groups in total. The number of likely N-dealkylation sites (N-methyl/N-ethyl adjacent to an activating group) is 1. The molecule has 0 bridgehead atoms. The van der Waals surface area contributed by atoms with Gasteiger partial charge in [-0.25, -0.2) is 0 Å². The van der Waals surface area contributed by atoms with Crippen molar-refractivity contribution in [2.24, 2.45) is 0 Å². The summed E-state index contributed by atoms with van der Waals surface area (Å²) in [5.74, 6) is 1.52. The van der Waals surface area contributed by atoms with Crippen molar-refractivity contribution in [3.8, 4) is 11.5 Å². The molecule has 150 valence electrons. The van der Waals surface area contributed by atoms with Gasteiger partial charge in [-0.05, 0) is 44.9 Å². The normalized spacial score (nSPS) is 17.7. The Balaban J connectivity index is 2.07. The highest BCUT2D eigenvalue weighted by Crippen LogP contribution is 2.38. The van der Waals surface area contributed by atoms with Gasteiger partial charge in [-0.3, -0.25) is 9.59 Å². The molecule has 1 aromatic carbocycles. The summed E-state index contributed by atoms with van der Waals surface area (Å²) < 4.78 is 10.8. The molecule has 1 aliphatic rings. The van der Waals surface area contributed by atoms with E-state index >= 15 is 0 Å². The molecule has 0 aromatic heterocycles. The highest BCUT2D eigenvalue weighted by molar-refractivity contribution is 5.79. The van der Waals surface area contributed by atoms with Crippen molar-refractivity contribution in [2.75, 3.05) is 40.9 Å². The van der Waals surface area contributed by atoms with E-state index in [1.54, 1.807) is 14.2 Å². The zero-order valence-electron chi connectivity index (χ0n) is 17.0. The van der Waals surface area contributed by atoms with Gasteiger partial charge in [0.05, 0.1) is 27.3 Å². The predicted molar refractivity (Wildman–Crippen MR) is 103 cm³/mol. The third kappa shape index (κ3) is 5.60. The summed E-state index contributed by atoms with van der Waals surface area (Å²) in [4.78, 5) is 27.6. The zero-order chi connectivity index (χ0) is 20.0. The molecule has 2 atom stereocenters. The first kappa shape index (κ1) is 21.0. The van der Waals surface area contributed by atoms with Gasteiger partial charge in [0, 0.05) is 18.2 Å². The largest absolute Gasteiger partial charge is 0.497 e. The summed E-state index contributed by atoms with van der Waals surface area (Å²) in [7, 11) is 5.14. The highest BCUT2D eigenvalue weighted by atomic mass is 16.5. The van der Waals surface area contributed by atoms with Gasteiger partial charge in [-0.1, -0.05) is 0 Å². The van der Waals surface area contributed by atoms with Crippen molar-refractivity contribution >= 4 is 11.8 Å². The van der Waals surface area contributed by atoms with Gasteiger partial charge in [-0.2, -0.15) is 0 Å². The molecular weight excluding hydrogens is 346 g/mol. The van der Waals surface area contributed by atoms with E-state index in [0.717, 1.165) is 41.3 Å². The number of nitrogens with one attached hydrogen (secondary N) is 2. The molecule has 27 heavy (non-hydrogen) atoms. The maximum absolute atomic E-state index is 12.9. The monoisotopic (exact) mass is 378 g/mol. The lowest BCUT2D eigenvalue weighted by Crippen LogP contribution is -3.11. The van der Waals surface area contributed by atoms with Crippen molar-refractivity contribution in [1.82, 2.24) is 10.2 Å². The molecule has 7 heteroatoms. The van der Waals surface area contributed by atoms with Crippen molar-refractivity contribution in [3.05, 3.63) is 23.8 Å². The quantitative estimate of drug-likeness (QED) is 0.687. The van der Waals surface area contributed by atoms with Crippen molar-refractivity contribution in [3.63, 3.8) is 0 Å². The number of ether oxygens (including phenoxy) is 2. The van der Waals surface area contributed by atoms with Crippen LogP contribution in [0.25, 0.3) is 0 Å². The summed E-state index contributed by atoms with van der Waals surface area (Å²) in [6.07, 6.45) is 1.84. The van der Waals surface area contributed by atoms with Crippen LogP contribution in [0.5, 0.6) is 11.5 Å². The highest BCUT2D eigenvalue weighted by Gasteiger charge is 2.33. The van der Waals surface area contributed by atoms with Gasteiger partial charge in [0.25, 0.3) is 11.8 Å². The van der Waals surface area contributed by atoms with Crippen LogP contribution in [0, 0.1) is 0 Å². The molecule has 0 radical (unpaired) electrons. The topological polar surface area (TPSA) is 72.3 Å². The lowest BCUT2D eigenvalue weighted by atomic mass is 10.0. The third-order valence-corrected chi connectivity index (χ3v) is 4.73. The Labute approximate surface area is 161 Å². The molecule has 7 nitrogen and oxygen atoms in total. The first-order chi connectivity index (χ1) is 12.8. The fourth-order valence-corrected chi connectivity index (χ4v) is 3.56. The van der Waals surface area contributed by atoms with Gasteiger partial charge in [0.2, 0.25) is 0 Å². The number of quaternary nitrogens is 1. The molecule has 1 fully saturated rings. The van der Waals surface area contributed by atoms with Gasteiger partial charge in [-0.15, -0.1) is 0 Å². The lowest BCUT2D eigenvalue weighted by Gasteiger charge is -2.27. The van der Waals surface area contributed by atoms with Crippen LogP contribution in [0.2, 0.25) is 0 Å².